The summed E-state index contributed by atoms with van der Waals surface area (Å²) < 4.78 is 46.8. The average Bonchev–Trinajstić information content (AvgIpc) is 2.71. The number of carbonyl (C=O) groups is 2. The SMILES string of the molecule is COc1cccc(C(=O)NCCNC(=O)Nc2cccc(OCC(F)(F)F)c2C)c1. The lowest BCUT2D eigenvalue weighted by atomic mass is 10.2. The van der Waals surface area contributed by atoms with E-state index in [1.54, 1.807) is 30.3 Å². The van der Waals surface area contributed by atoms with Crippen LogP contribution in [-0.4, -0.2) is 44.9 Å². The Morgan fingerprint density at radius 1 is 1.03 bits per heavy atom. The molecule has 10 heteroatoms. The van der Waals surface area contributed by atoms with E-state index >= 15 is 0 Å². The minimum atomic E-state index is -4.46. The highest BCUT2D eigenvalue weighted by Gasteiger charge is 2.28. The van der Waals surface area contributed by atoms with Crippen molar-refractivity contribution in [3.05, 3.63) is 53.6 Å². The number of carbonyl (C=O) groups excluding carboxylic acids is 2. The van der Waals surface area contributed by atoms with Crippen LogP contribution in [0.4, 0.5) is 23.7 Å². The van der Waals surface area contributed by atoms with E-state index in [2.05, 4.69) is 16.0 Å². The molecular weight excluding hydrogens is 403 g/mol. The standard InChI is InChI=1S/C20H22F3N3O4/c1-13-16(7-4-8-17(13)30-12-20(21,22)23)26-19(28)25-10-9-24-18(27)14-5-3-6-15(11-14)29-2/h3-8,11H,9-10,12H2,1-2H3,(H,24,27)(H2,25,26,28). The fraction of sp³-hybridized carbons (Fsp3) is 0.300. The second-order valence-electron chi connectivity index (χ2n) is 6.20. The van der Waals surface area contributed by atoms with E-state index in [0.717, 1.165) is 0 Å². The molecule has 3 N–H and O–H groups in total. The van der Waals surface area contributed by atoms with Crippen molar-refractivity contribution in [2.75, 3.05) is 32.1 Å². The molecule has 0 fully saturated rings. The number of hydrogen-bond donors (Lipinski definition) is 3. The number of nitrogens with one attached hydrogen (secondary N) is 3. The second kappa shape index (κ2) is 10.4. The lowest BCUT2D eigenvalue weighted by Crippen LogP contribution is -2.36. The van der Waals surface area contributed by atoms with Gasteiger partial charge in [-0.25, -0.2) is 4.79 Å². The lowest BCUT2D eigenvalue weighted by Gasteiger charge is -2.15. The molecule has 7 nitrogen and oxygen atoms in total. The third-order valence-electron chi connectivity index (χ3n) is 3.95. The van der Waals surface area contributed by atoms with Crippen LogP contribution < -0.4 is 25.4 Å². The molecule has 0 atom stereocenters. The monoisotopic (exact) mass is 425 g/mol. The van der Waals surface area contributed by atoms with Crippen LogP contribution in [0.2, 0.25) is 0 Å². The third kappa shape index (κ3) is 7.19. The van der Waals surface area contributed by atoms with Crippen LogP contribution in [0.5, 0.6) is 11.5 Å². The number of anilines is 1. The summed E-state index contributed by atoms with van der Waals surface area (Å²) in [6.45, 7) is 0.439. The van der Waals surface area contributed by atoms with Gasteiger partial charge in [0.2, 0.25) is 0 Å². The molecule has 0 aliphatic rings. The highest BCUT2D eigenvalue weighted by Crippen LogP contribution is 2.27. The number of methoxy groups -OCH3 is 1. The number of ether oxygens (including phenoxy) is 2. The summed E-state index contributed by atoms with van der Waals surface area (Å²) >= 11 is 0. The van der Waals surface area contributed by atoms with Gasteiger partial charge in [-0.2, -0.15) is 13.2 Å². The van der Waals surface area contributed by atoms with Crippen molar-refractivity contribution in [1.29, 1.82) is 0 Å². The van der Waals surface area contributed by atoms with Gasteiger partial charge in [-0.05, 0) is 37.3 Å². The van der Waals surface area contributed by atoms with Crippen molar-refractivity contribution >= 4 is 17.6 Å². The van der Waals surface area contributed by atoms with Crippen LogP contribution >= 0.6 is 0 Å². The van der Waals surface area contributed by atoms with E-state index in [0.29, 0.717) is 22.6 Å². The van der Waals surface area contributed by atoms with E-state index in [9.17, 15) is 22.8 Å². The van der Waals surface area contributed by atoms with E-state index in [-0.39, 0.29) is 24.7 Å². The maximum absolute atomic E-state index is 12.3. The van der Waals surface area contributed by atoms with Gasteiger partial charge in [-0.3, -0.25) is 4.79 Å². The van der Waals surface area contributed by atoms with E-state index in [1.807, 2.05) is 0 Å². The van der Waals surface area contributed by atoms with Crippen LogP contribution in [-0.2, 0) is 0 Å². The zero-order valence-electron chi connectivity index (χ0n) is 16.4. The molecule has 0 unspecified atom stereocenters. The predicted molar refractivity (Wildman–Crippen MR) is 105 cm³/mol. The maximum atomic E-state index is 12.3. The molecule has 2 aromatic carbocycles. The first kappa shape index (κ1) is 22.9. The van der Waals surface area contributed by atoms with E-state index in [1.165, 1.54) is 26.2 Å². The molecule has 0 bridgehead atoms. The minimum Gasteiger partial charge on any atom is -0.497 e. The largest absolute Gasteiger partial charge is 0.497 e. The number of rotatable bonds is 8. The summed E-state index contributed by atoms with van der Waals surface area (Å²) in [4.78, 5) is 24.1. The molecule has 3 amide bonds. The highest BCUT2D eigenvalue weighted by molar-refractivity contribution is 5.94. The molecule has 2 aromatic rings. The molecule has 0 heterocycles. The first-order valence-electron chi connectivity index (χ1n) is 8.96. The van der Waals surface area contributed by atoms with Gasteiger partial charge >= 0.3 is 12.2 Å². The van der Waals surface area contributed by atoms with E-state index < -0.39 is 18.8 Å². The number of halogens is 3. The Balaban J connectivity index is 1.80. The van der Waals surface area contributed by atoms with Crippen molar-refractivity contribution in [2.45, 2.75) is 13.1 Å². The van der Waals surface area contributed by atoms with Gasteiger partial charge in [-0.1, -0.05) is 12.1 Å². The number of urea groups is 1. The third-order valence-corrected chi connectivity index (χ3v) is 3.95. The lowest BCUT2D eigenvalue weighted by molar-refractivity contribution is -0.153. The molecule has 0 aromatic heterocycles. The summed E-state index contributed by atoms with van der Waals surface area (Å²) in [5.41, 5.74) is 1.10. The molecule has 30 heavy (non-hydrogen) atoms. The Labute approximate surface area is 171 Å². The predicted octanol–water partition coefficient (Wildman–Crippen LogP) is 3.50. The maximum Gasteiger partial charge on any atom is 0.422 e. The molecule has 0 aliphatic heterocycles. The van der Waals surface area contributed by atoms with Gasteiger partial charge in [0.05, 0.1) is 7.11 Å². The molecule has 0 saturated carbocycles. The smallest absolute Gasteiger partial charge is 0.422 e. The highest BCUT2D eigenvalue weighted by atomic mass is 19.4. The Morgan fingerprint density at radius 2 is 1.73 bits per heavy atom. The van der Waals surface area contributed by atoms with Crippen molar-refractivity contribution in [1.82, 2.24) is 10.6 Å². The fourth-order valence-electron chi connectivity index (χ4n) is 2.45. The molecule has 2 rings (SSSR count). The van der Waals surface area contributed by atoms with Gasteiger partial charge in [-0.15, -0.1) is 0 Å². The number of alkyl halides is 3. The molecule has 162 valence electrons. The average molecular weight is 425 g/mol. The van der Waals surface area contributed by atoms with Crippen LogP contribution in [0.15, 0.2) is 42.5 Å². The van der Waals surface area contributed by atoms with Gasteiger partial charge in [0.25, 0.3) is 5.91 Å². The van der Waals surface area contributed by atoms with Crippen molar-refractivity contribution in [3.63, 3.8) is 0 Å². The fourth-order valence-corrected chi connectivity index (χ4v) is 2.45. The Hall–Kier alpha value is -3.43. The Bertz CT molecular complexity index is 888. The van der Waals surface area contributed by atoms with Crippen LogP contribution in [0.1, 0.15) is 15.9 Å². The molecule has 0 radical (unpaired) electrons. The number of benzene rings is 2. The van der Waals surface area contributed by atoms with Gasteiger partial charge in [0, 0.05) is 29.9 Å². The Kier molecular flexibility index (Phi) is 7.90. The zero-order chi connectivity index (χ0) is 22.1. The van der Waals surface area contributed by atoms with Crippen LogP contribution in [0.3, 0.4) is 0 Å². The van der Waals surface area contributed by atoms with Crippen molar-refractivity contribution in [3.8, 4) is 11.5 Å². The molecular formula is C20H22F3N3O4. The molecule has 0 aliphatic carbocycles. The number of hydrogen-bond acceptors (Lipinski definition) is 4. The van der Waals surface area contributed by atoms with Crippen LogP contribution in [0.25, 0.3) is 0 Å². The van der Waals surface area contributed by atoms with Gasteiger partial charge in [0.15, 0.2) is 6.61 Å². The van der Waals surface area contributed by atoms with Crippen molar-refractivity contribution < 1.29 is 32.2 Å². The molecule has 0 spiro atoms. The summed E-state index contributed by atoms with van der Waals surface area (Å²) in [7, 11) is 1.50. The van der Waals surface area contributed by atoms with Gasteiger partial charge in [0.1, 0.15) is 11.5 Å². The first-order valence-corrected chi connectivity index (χ1v) is 8.96. The summed E-state index contributed by atoms with van der Waals surface area (Å²) in [5.74, 6) is 0.258. The second-order valence-corrected chi connectivity index (χ2v) is 6.20. The number of amides is 3. The van der Waals surface area contributed by atoms with Crippen LogP contribution in [0, 0.1) is 6.92 Å². The first-order chi connectivity index (χ1) is 14.2. The zero-order valence-corrected chi connectivity index (χ0v) is 16.4. The summed E-state index contributed by atoms with van der Waals surface area (Å²) in [6, 6.07) is 10.5. The summed E-state index contributed by atoms with van der Waals surface area (Å²) in [5, 5.41) is 7.75. The quantitative estimate of drug-likeness (QED) is 0.565. The summed E-state index contributed by atoms with van der Waals surface area (Å²) in [6.07, 6.45) is -4.46. The van der Waals surface area contributed by atoms with Crippen molar-refractivity contribution in [2.24, 2.45) is 0 Å². The normalized spacial score (nSPS) is 10.8. The molecule has 0 saturated heterocycles. The topological polar surface area (TPSA) is 88.7 Å². The minimum absolute atomic E-state index is 0.0238. The Morgan fingerprint density at radius 3 is 2.43 bits per heavy atom. The van der Waals surface area contributed by atoms with Gasteiger partial charge < -0.3 is 25.4 Å². The van der Waals surface area contributed by atoms with E-state index in [4.69, 9.17) is 9.47 Å².